The maximum atomic E-state index is 12.6. The zero-order valence-corrected chi connectivity index (χ0v) is 12.9. The molecule has 4 nitrogen and oxygen atoms in total. The molecule has 114 valence electrons. The molecule has 2 aliphatic rings. The predicted molar refractivity (Wildman–Crippen MR) is 79.3 cm³/mol. The SMILES string of the molecule is C=C1CC[C@@H]2C[C@H]1OO[C@@]2(C)CS(=O)(=O)c1ccccc1. The van der Waals surface area contributed by atoms with Crippen molar-refractivity contribution in [2.24, 2.45) is 5.92 Å². The van der Waals surface area contributed by atoms with Crippen LogP contribution in [0, 0.1) is 5.92 Å². The van der Waals surface area contributed by atoms with Crippen LogP contribution >= 0.6 is 0 Å². The molecule has 21 heavy (non-hydrogen) atoms. The van der Waals surface area contributed by atoms with E-state index in [1.165, 1.54) is 0 Å². The van der Waals surface area contributed by atoms with Gasteiger partial charge in [-0.25, -0.2) is 18.2 Å². The fraction of sp³-hybridized carbons (Fsp3) is 0.500. The third-order valence-corrected chi connectivity index (χ3v) is 6.51. The average Bonchev–Trinajstić information content (AvgIpc) is 2.46. The van der Waals surface area contributed by atoms with Crippen LogP contribution in [-0.2, 0) is 19.6 Å². The standard InChI is InChI=1S/C16H20O4S/c1-12-8-9-13-10-15(12)19-20-16(13,2)11-21(17,18)14-6-4-3-5-7-14/h3-7,13,15H,1,8-11H2,2H3/t13-,15-,16+/m1/s1. The van der Waals surface area contributed by atoms with E-state index in [4.69, 9.17) is 9.78 Å². The van der Waals surface area contributed by atoms with Gasteiger partial charge in [-0.1, -0.05) is 24.8 Å². The Kier molecular flexibility index (Phi) is 3.67. The first-order chi connectivity index (χ1) is 9.91. The van der Waals surface area contributed by atoms with E-state index in [9.17, 15) is 8.42 Å². The summed E-state index contributed by atoms with van der Waals surface area (Å²) in [6.07, 6.45) is 2.48. The monoisotopic (exact) mass is 308 g/mol. The van der Waals surface area contributed by atoms with Crippen LogP contribution in [0.3, 0.4) is 0 Å². The summed E-state index contributed by atoms with van der Waals surface area (Å²) < 4.78 is 25.2. The Morgan fingerprint density at radius 2 is 2.05 bits per heavy atom. The van der Waals surface area contributed by atoms with Crippen molar-refractivity contribution in [2.45, 2.75) is 42.8 Å². The molecule has 1 saturated heterocycles. The zero-order valence-electron chi connectivity index (χ0n) is 12.1. The summed E-state index contributed by atoms with van der Waals surface area (Å²) in [5.74, 6) is 0.119. The van der Waals surface area contributed by atoms with Crippen LogP contribution in [0.15, 0.2) is 47.4 Å². The Morgan fingerprint density at radius 1 is 1.33 bits per heavy atom. The summed E-state index contributed by atoms with van der Waals surface area (Å²) in [6, 6.07) is 8.50. The maximum absolute atomic E-state index is 12.6. The number of hydrogen-bond donors (Lipinski definition) is 0. The van der Waals surface area contributed by atoms with Gasteiger partial charge in [0.2, 0.25) is 0 Å². The Hall–Kier alpha value is -1.17. The molecule has 5 heteroatoms. The normalized spacial score (nSPS) is 32.9. The smallest absolute Gasteiger partial charge is 0.181 e. The lowest BCUT2D eigenvalue weighted by molar-refractivity contribution is -0.411. The van der Waals surface area contributed by atoms with Crippen molar-refractivity contribution < 1.29 is 18.2 Å². The third kappa shape index (κ3) is 2.78. The Bertz CT molecular complexity index is 638. The minimum absolute atomic E-state index is 0.0616. The van der Waals surface area contributed by atoms with Crippen molar-refractivity contribution in [3.8, 4) is 0 Å². The predicted octanol–water partition coefficient (Wildman–Crippen LogP) is 2.91. The molecular formula is C16H20O4S. The van der Waals surface area contributed by atoms with E-state index < -0.39 is 15.4 Å². The van der Waals surface area contributed by atoms with Crippen LogP contribution in [0.2, 0.25) is 0 Å². The summed E-state index contributed by atoms with van der Waals surface area (Å²) in [6.45, 7) is 5.82. The molecule has 1 aliphatic carbocycles. The highest BCUT2D eigenvalue weighted by Crippen LogP contribution is 2.43. The molecule has 1 aromatic carbocycles. The second kappa shape index (κ2) is 5.23. The van der Waals surface area contributed by atoms with Crippen LogP contribution < -0.4 is 0 Å². The van der Waals surface area contributed by atoms with E-state index in [0.29, 0.717) is 4.90 Å². The van der Waals surface area contributed by atoms with E-state index in [-0.39, 0.29) is 17.8 Å². The Balaban J connectivity index is 1.82. The number of hydrogen-bond acceptors (Lipinski definition) is 4. The number of benzene rings is 1. The van der Waals surface area contributed by atoms with Gasteiger partial charge in [0.25, 0.3) is 0 Å². The van der Waals surface area contributed by atoms with Crippen LogP contribution in [0.25, 0.3) is 0 Å². The van der Waals surface area contributed by atoms with Crippen molar-refractivity contribution in [1.29, 1.82) is 0 Å². The quantitative estimate of drug-likeness (QED) is 0.636. The van der Waals surface area contributed by atoms with E-state index in [1.54, 1.807) is 30.3 Å². The molecule has 2 fully saturated rings. The highest BCUT2D eigenvalue weighted by Gasteiger charge is 2.48. The van der Waals surface area contributed by atoms with Gasteiger partial charge in [0.15, 0.2) is 9.84 Å². The first-order valence-corrected chi connectivity index (χ1v) is 8.86. The van der Waals surface area contributed by atoms with E-state index in [2.05, 4.69) is 6.58 Å². The maximum Gasteiger partial charge on any atom is 0.181 e. The number of fused-ring (bicyclic) bond motifs is 2. The fourth-order valence-electron chi connectivity index (χ4n) is 3.19. The lowest BCUT2D eigenvalue weighted by atomic mass is 9.75. The molecule has 3 rings (SSSR count). The van der Waals surface area contributed by atoms with Gasteiger partial charge < -0.3 is 0 Å². The van der Waals surface area contributed by atoms with Gasteiger partial charge in [0, 0.05) is 0 Å². The molecule has 2 bridgehead atoms. The van der Waals surface area contributed by atoms with E-state index >= 15 is 0 Å². The molecular weight excluding hydrogens is 288 g/mol. The largest absolute Gasteiger partial charge is 0.228 e. The van der Waals surface area contributed by atoms with Crippen LogP contribution in [0.5, 0.6) is 0 Å². The fourth-order valence-corrected chi connectivity index (χ4v) is 4.97. The van der Waals surface area contributed by atoms with Crippen molar-refractivity contribution in [3.63, 3.8) is 0 Å². The second-order valence-electron chi connectivity index (χ2n) is 6.18. The molecule has 1 aromatic rings. The molecule has 1 saturated carbocycles. The molecule has 3 atom stereocenters. The van der Waals surface area contributed by atoms with Gasteiger partial charge in [0.1, 0.15) is 11.7 Å². The molecule has 0 radical (unpaired) electrons. The molecule has 1 heterocycles. The lowest BCUT2D eigenvalue weighted by Gasteiger charge is -2.46. The van der Waals surface area contributed by atoms with Crippen molar-refractivity contribution in [1.82, 2.24) is 0 Å². The van der Waals surface area contributed by atoms with Gasteiger partial charge >= 0.3 is 0 Å². The van der Waals surface area contributed by atoms with Crippen LogP contribution in [0.1, 0.15) is 26.2 Å². The molecule has 0 aromatic heterocycles. The second-order valence-corrected chi connectivity index (χ2v) is 8.17. The first-order valence-electron chi connectivity index (χ1n) is 7.21. The topological polar surface area (TPSA) is 52.6 Å². The summed E-state index contributed by atoms with van der Waals surface area (Å²) in [5.41, 5.74) is 0.241. The van der Waals surface area contributed by atoms with E-state index in [0.717, 1.165) is 24.8 Å². The third-order valence-electron chi connectivity index (χ3n) is 4.57. The minimum Gasteiger partial charge on any atom is -0.228 e. The van der Waals surface area contributed by atoms with Crippen LogP contribution in [0.4, 0.5) is 0 Å². The van der Waals surface area contributed by atoms with Crippen molar-refractivity contribution in [3.05, 3.63) is 42.5 Å². The van der Waals surface area contributed by atoms with Gasteiger partial charge in [-0.05, 0) is 49.8 Å². The highest BCUT2D eigenvalue weighted by molar-refractivity contribution is 7.91. The minimum atomic E-state index is -3.40. The van der Waals surface area contributed by atoms with Crippen LogP contribution in [-0.4, -0.2) is 25.9 Å². The van der Waals surface area contributed by atoms with Crippen molar-refractivity contribution >= 4 is 9.84 Å². The Labute approximate surface area is 125 Å². The zero-order chi connectivity index (χ0) is 15.1. The Morgan fingerprint density at radius 3 is 2.76 bits per heavy atom. The average molecular weight is 308 g/mol. The first kappa shape index (κ1) is 14.8. The van der Waals surface area contributed by atoms with Gasteiger partial charge in [0.05, 0.1) is 10.6 Å². The summed E-state index contributed by atoms with van der Waals surface area (Å²) >= 11 is 0. The summed E-state index contributed by atoms with van der Waals surface area (Å²) in [5, 5.41) is 0. The molecule has 0 N–H and O–H groups in total. The molecule has 1 aliphatic heterocycles. The lowest BCUT2D eigenvalue weighted by Crippen LogP contribution is -2.52. The summed E-state index contributed by atoms with van der Waals surface area (Å²) in [4.78, 5) is 11.2. The molecule has 0 unspecified atom stereocenters. The number of sulfone groups is 1. The van der Waals surface area contributed by atoms with Crippen molar-refractivity contribution in [2.75, 3.05) is 5.75 Å². The van der Waals surface area contributed by atoms with Gasteiger partial charge in [-0.3, -0.25) is 0 Å². The van der Waals surface area contributed by atoms with E-state index in [1.807, 2.05) is 6.92 Å². The number of rotatable bonds is 3. The highest BCUT2D eigenvalue weighted by atomic mass is 32.2. The van der Waals surface area contributed by atoms with Gasteiger partial charge in [-0.15, -0.1) is 0 Å². The molecule has 0 amide bonds. The summed E-state index contributed by atoms with van der Waals surface area (Å²) in [7, 11) is -3.40. The molecule has 0 spiro atoms. The van der Waals surface area contributed by atoms with Gasteiger partial charge in [-0.2, -0.15) is 0 Å².